The number of alkyl halides is 3. The number of aromatic nitrogens is 1. The summed E-state index contributed by atoms with van der Waals surface area (Å²) >= 11 is 1.04. The van der Waals surface area contributed by atoms with Gasteiger partial charge >= 0.3 is 6.18 Å². The van der Waals surface area contributed by atoms with Crippen LogP contribution < -0.4 is 4.74 Å². The Balaban J connectivity index is 1.37. The topological polar surface area (TPSA) is 45.7 Å². The Bertz CT molecular complexity index is 1100. The van der Waals surface area contributed by atoms with Crippen LogP contribution in [0.15, 0.2) is 36.4 Å². The second-order valence-electron chi connectivity index (χ2n) is 7.84. The van der Waals surface area contributed by atoms with Crippen LogP contribution in [-0.4, -0.2) is 60.5 Å². The number of fused-ring (bicyclic) bond motifs is 1. The number of methoxy groups -OCH3 is 1. The summed E-state index contributed by atoms with van der Waals surface area (Å²) in [5, 5.41) is 0.601. The minimum atomic E-state index is -4.50. The van der Waals surface area contributed by atoms with Gasteiger partial charge in [0.15, 0.2) is 0 Å². The van der Waals surface area contributed by atoms with E-state index in [1.54, 1.807) is 18.9 Å². The van der Waals surface area contributed by atoms with Crippen molar-refractivity contribution in [3.8, 4) is 5.75 Å². The van der Waals surface area contributed by atoms with Gasteiger partial charge in [0.05, 0.1) is 12.0 Å². The van der Waals surface area contributed by atoms with Crippen LogP contribution in [0.1, 0.15) is 26.5 Å². The molecule has 0 radical (unpaired) electrons. The first-order chi connectivity index (χ1) is 15.3. The standard InChI is InChI=1S/C23H24F3N3O2S/c1-15-18-7-8-19(23(24,25)26)27-21(18)32-20(15)22(30)29-13-11-28(12-14-29)10-9-16-3-5-17(31-2)6-4-16/h3-8H,9-14H2,1-2H3. The van der Waals surface area contributed by atoms with Gasteiger partial charge in [0.25, 0.3) is 5.91 Å². The Labute approximate surface area is 188 Å². The van der Waals surface area contributed by atoms with Crippen molar-refractivity contribution in [2.75, 3.05) is 39.8 Å². The van der Waals surface area contributed by atoms with Crippen LogP contribution in [0.25, 0.3) is 10.2 Å². The zero-order chi connectivity index (χ0) is 22.9. The van der Waals surface area contributed by atoms with E-state index < -0.39 is 11.9 Å². The lowest BCUT2D eigenvalue weighted by Gasteiger charge is -2.34. The number of hydrogen-bond donors (Lipinski definition) is 0. The zero-order valence-corrected chi connectivity index (χ0v) is 18.7. The number of rotatable bonds is 5. The lowest BCUT2D eigenvalue weighted by molar-refractivity contribution is -0.140. The van der Waals surface area contributed by atoms with Gasteiger partial charge < -0.3 is 9.64 Å². The Morgan fingerprint density at radius 1 is 1.09 bits per heavy atom. The monoisotopic (exact) mass is 463 g/mol. The van der Waals surface area contributed by atoms with Gasteiger partial charge in [-0.05, 0) is 48.7 Å². The van der Waals surface area contributed by atoms with Crippen molar-refractivity contribution in [1.29, 1.82) is 0 Å². The molecule has 170 valence electrons. The Morgan fingerprint density at radius 3 is 2.41 bits per heavy atom. The third-order valence-corrected chi connectivity index (χ3v) is 7.01. The highest BCUT2D eigenvalue weighted by Crippen LogP contribution is 2.34. The van der Waals surface area contributed by atoms with Gasteiger partial charge in [-0.25, -0.2) is 4.98 Å². The first-order valence-corrected chi connectivity index (χ1v) is 11.2. The molecule has 1 fully saturated rings. The molecule has 0 unspecified atom stereocenters. The Kier molecular flexibility index (Phi) is 6.39. The number of halogens is 3. The Hall–Kier alpha value is -2.65. The largest absolute Gasteiger partial charge is 0.497 e. The minimum absolute atomic E-state index is 0.131. The van der Waals surface area contributed by atoms with Gasteiger partial charge in [-0.15, -0.1) is 11.3 Å². The molecule has 2 aromatic heterocycles. The predicted molar refractivity (Wildman–Crippen MR) is 118 cm³/mol. The van der Waals surface area contributed by atoms with Crippen molar-refractivity contribution in [3.05, 3.63) is 58.1 Å². The van der Waals surface area contributed by atoms with E-state index in [2.05, 4.69) is 22.0 Å². The summed E-state index contributed by atoms with van der Waals surface area (Å²) in [5.41, 5.74) is 0.991. The summed E-state index contributed by atoms with van der Waals surface area (Å²) in [7, 11) is 1.65. The fraction of sp³-hybridized carbons (Fsp3) is 0.391. The molecule has 1 aliphatic heterocycles. The second kappa shape index (κ2) is 9.07. The molecule has 32 heavy (non-hydrogen) atoms. The second-order valence-corrected chi connectivity index (χ2v) is 8.83. The maximum absolute atomic E-state index is 13.1. The number of benzene rings is 1. The molecule has 1 aromatic carbocycles. The first kappa shape index (κ1) is 22.5. The minimum Gasteiger partial charge on any atom is -0.497 e. The number of thiophene rings is 1. The van der Waals surface area contributed by atoms with Crippen LogP contribution in [0.2, 0.25) is 0 Å². The van der Waals surface area contributed by atoms with Gasteiger partial charge in [-0.2, -0.15) is 13.2 Å². The third kappa shape index (κ3) is 4.73. The van der Waals surface area contributed by atoms with Gasteiger partial charge in [-0.3, -0.25) is 9.69 Å². The summed E-state index contributed by atoms with van der Waals surface area (Å²) < 4.78 is 44.1. The maximum atomic E-state index is 13.1. The highest BCUT2D eigenvalue weighted by atomic mass is 32.1. The number of hydrogen-bond acceptors (Lipinski definition) is 5. The first-order valence-electron chi connectivity index (χ1n) is 10.4. The molecule has 5 nitrogen and oxygen atoms in total. The number of amides is 1. The highest BCUT2D eigenvalue weighted by molar-refractivity contribution is 7.20. The molecular weight excluding hydrogens is 439 g/mol. The predicted octanol–water partition coefficient (Wildman–Crippen LogP) is 4.63. The SMILES string of the molecule is COc1ccc(CCN2CCN(C(=O)c3sc4nc(C(F)(F)F)ccc4c3C)CC2)cc1. The van der Waals surface area contributed by atoms with Crippen LogP contribution >= 0.6 is 11.3 Å². The normalized spacial score (nSPS) is 15.3. The molecule has 3 heterocycles. The zero-order valence-electron chi connectivity index (χ0n) is 17.9. The fourth-order valence-electron chi connectivity index (χ4n) is 3.86. The summed E-state index contributed by atoms with van der Waals surface area (Å²) in [4.78, 5) is 21.6. The molecule has 0 bridgehead atoms. The van der Waals surface area contributed by atoms with Crippen LogP contribution in [0.4, 0.5) is 13.2 Å². The molecule has 1 amide bonds. The van der Waals surface area contributed by atoms with Gasteiger partial charge in [0.1, 0.15) is 16.3 Å². The molecule has 0 spiro atoms. The summed E-state index contributed by atoms with van der Waals surface area (Å²) in [6, 6.07) is 10.4. The lowest BCUT2D eigenvalue weighted by Crippen LogP contribution is -2.49. The van der Waals surface area contributed by atoms with Crippen LogP contribution in [0.3, 0.4) is 0 Å². The van der Waals surface area contributed by atoms with Crippen molar-refractivity contribution in [2.24, 2.45) is 0 Å². The van der Waals surface area contributed by atoms with Crippen molar-refractivity contribution >= 4 is 27.5 Å². The van der Waals surface area contributed by atoms with Crippen molar-refractivity contribution in [1.82, 2.24) is 14.8 Å². The van der Waals surface area contributed by atoms with Gasteiger partial charge in [0.2, 0.25) is 0 Å². The number of pyridine rings is 1. The molecule has 3 aromatic rings. The lowest BCUT2D eigenvalue weighted by atomic mass is 10.1. The summed E-state index contributed by atoms with van der Waals surface area (Å²) in [5.74, 6) is 0.705. The molecule has 0 N–H and O–H groups in total. The molecule has 0 atom stereocenters. The van der Waals surface area contributed by atoms with Crippen molar-refractivity contribution in [3.63, 3.8) is 0 Å². The summed E-state index contributed by atoms with van der Waals surface area (Å²) in [6.45, 7) is 5.39. The van der Waals surface area contributed by atoms with Crippen molar-refractivity contribution in [2.45, 2.75) is 19.5 Å². The van der Waals surface area contributed by atoms with Gasteiger partial charge in [0, 0.05) is 38.1 Å². The highest BCUT2D eigenvalue weighted by Gasteiger charge is 2.33. The quantitative estimate of drug-likeness (QED) is 0.554. The molecular formula is C23H24F3N3O2S. The van der Waals surface area contributed by atoms with Crippen LogP contribution in [0.5, 0.6) is 5.75 Å². The average Bonchev–Trinajstić information content (AvgIpc) is 3.13. The van der Waals surface area contributed by atoms with E-state index in [1.807, 2.05) is 12.1 Å². The molecule has 0 aliphatic carbocycles. The van der Waals surface area contributed by atoms with E-state index in [-0.39, 0.29) is 10.7 Å². The van der Waals surface area contributed by atoms with Crippen LogP contribution in [0, 0.1) is 6.92 Å². The third-order valence-electron chi connectivity index (χ3n) is 5.82. The number of aryl methyl sites for hydroxylation is 1. The van der Waals surface area contributed by atoms with Crippen LogP contribution in [-0.2, 0) is 12.6 Å². The smallest absolute Gasteiger partial charge is 0.433 e. The molecule has 9 heteroatoms. The van der Waals surface area contributed by atoms with E-state index in [0.29, 0.717) is 28.9 Å². The number of carbonyl (C=O) groups excluding carboxylic acids is 1. The van der Waals surface area contributed by atoms with Gasteiger partial charge in [-0.1, -0.05) is 12.1 Å². The molecule has 1 aliphatic rings. The summed E-state index contributed by atoms with van der Waals surface area (Å²) in [6.07, 6.45) is -3.58. The number of ether oxygens (including phenoxy) is 1. The van der Waals surface area contributed by atoms with E-state index in [0.717, 1.165) is 49.2 Å². The molecule has 4 rings (SSSR count). The molecule has 0 saturated carbocycles. The fourth-order valence-corrected chi connectivity index (χ4v) is 5.01. The Morgan fingerprint density at radius 2 is 1.78 bits per heavy atom. The van der Waals surface area contributed by atoms with E-state index in [1.165, 1.54) is 11.6 Å². The maximum Gasteiger partial charge on any atom is 0.433 e. The average molecular weight is 464 g/mol. The number of carbonyl (C=O) groups is 1. The number of nitrogens with zero attached hydrogens (tertiary/aromatic N) is 3. The van der Waals surface area contributed by atoms with E-state index in [4.69, 9.17) is 4.74 Å². The van der Waals surface area contributed by atoms with E-state index >= 15 is 0 Å². The number of piperazine rings is 1. The molecule has 1 saturated heterocycles. The van der Waals surface area contributed by atoms with Crippen molar-refractivity contribution < 1.29 is 22.7 Å². The van der Waals surface area contributed by atoms with E-state index in [9.17, 15) is 18.0 Å².